The van der Waals surface area contributed by atoms with E-state index < -0.39 is 67.7 Å². The molecule has 0 radical (unpaired) electrons. The first-order chi connectivity index (χ1) is 17.5. The lowest BCUT2D eigenvalue weighted by Crippen LogP contribution is -2.42. The molecule has 0 spiro atoms. The van der Waals surface area contributed by atoms with E-state index in [2.05, 4.69) is 4.72 Å². The van der Waals surface area contributed by atoms with Crippen LogP contribution in [0.15, 0.2) is 36.5 Å². The fourth-order valence-corrected chi connectivity index (χ4v) is 6.35. The Kier molecular flexibility index (Phi) is 7.37. The van der Waals surface area contributed by atoms with Gasteiger partial charge in [-0.05, 0) is 48.1 Å². The van der Waals surface area contributed by atoms with Crippen LogP contribution in [0.3, 0.4) is 0 Å². The average Bonchev–Trinajstić information content (AvgIpc) is 3.04. The Morgan fingerprint density at radius 2 is 1.68 bits per heavy atom. The second kappa shape index (κ2) is 9.86. The molecule has 1 atom stereocenters. The number of nitrogens with zero attached hydrogens (tertiary/aromatic N) is 1. The minimum Gasteiger partial charge on any atom is -0.347 e. The van der Waals surface area contributed by atoms with Crippen molar-refractivity contribution in [3.8, 4) is 11.1 Å². The molecule has 1 saturated carbocycles. The summed E-state index contributed by atoms with van der Waals surface area (Å²) in [5, 5.41) is -0.859. The van der Waals surface area contributed by atoms with Crippen molar-refractivity contribution in [1.29, 1.82) is 0 Å². The minimum absolute atomic E-state index is 0.0622. The molecule has 0 amide bonds. The quantitative estimate of drug-likeness (QED) is 0.304. The molecule has 1 aliphatic rings. The van der Waals surface area contributed by atoms with E-state index >= 15 is 4.39 Å². The highest BCUT2D eigenvalue weighted by atomic mass is 32.2. The topological polar surface area (TPSA) is 51.1 Å². The molecular weight excluding hydrogens is 537 g/mol. The summed E-state index contributed by atoms with van der Waals surface area (Å²) in [7, 11) is -4.09. The van der Waals surface area contributed by atoms with Gasteiger partial charge in [0.25, 0.3) is 6.43 Å². The fraction of sp³-hybridized carbons (Fsp3) is 0.462. The summed E-state index contributed by atoms with van der Waals surface area (Å²) < 4.78 is 128. The Bertz CT molecular complexity index is 1450. The highest BCUT2D eigenvalue weighted by Gasteiger charge is 2.38. The van der Waals surface area contributed by atoms with Crippen molar-refractivity contribution in [2.75, 3.05) is 0 Å². The standard InChI is InChI=1S/C26H27F7N2O2S/c1-25(2,3)13-35-12-19(23(24(29)30)34-38(36,37)15-5-4-6-15)18-10-21(28)17(11-22(18)35)16-8-7-14(27)9-20(16)26(31,32)33/h7-12,15,23-24,34H,4-6,13H2,1-3H3. The van der Waals surface area contributed by atoms with E-state index in [1.54, 1.807) is 0 Å². The molecular formula is C26H27F7N2O2S. The average molecular weight is 565 g/mol. The van der Waals surface area contributed by atoms with Gasteiger partial charge >= 0.3 is 6.18 Å². The number of hydrogen-bond acceptors (Lipinski definition) is 2. The van der Waals surface area contributed by atoms with Crippen molar-refractivity contribution in [3.05, 3.63) is 59.3 Å². The third-order valence-corrected chi connectivity index (χ3v) is 8.52. The molecule has 1 unspecified atom stereocenters. The second-order valence-electron chi connectivity index (χ2n) is 10.8. The lowest BCUT2D eigenvalue weighted by Gasteiger charge is -2.28. The molecule has 12 heteroatoms. The molecule has 1 heterocycles. The summed E-state index contributed by atoms with van der Waals surface area (Å²) in [5.74, 6) is -2.31. The molecule has 1 aromatic heterocycles. The van der Waals surface area contributed by atoms with Gasteiger partial charge in [0.1, 0.15) is 17.7 Å². The van der Waals surface area contributed by atoms with Crippen molar-refractivity contribution >= 4 is 20.9 Å². The van der Waals surface area contributed by atoms with Gasteiger partial charge in [-0.2, -0.15) is 13.2 Å². The molecule has 0 bridgehead atoms. The first kappa shape index (κ1) is 28.4. The largest absolute Gasteiger partial charge is 0.417 e. The summed E-state index contributed by atoms with van der Waals surface area (Å²) in [6.45, 7) is 5.73. The summed E-state index contributed by atoms with van der Waals surface area (Å²) in [6, 6.07) is 1.79. The number of benzene rings is 2. The third-order valence-electron chi connectivity index (χ3n) is 6.59. The fourth-order valence-electron chi connectivity index (χ4n) is 4.62. The van der Waals surface area contributed by atoms with Gasteiger partial charge in [-0.1, -0.05) is 33.3 Å². The molecule has 4 nitrogen and oxygen atoms in total. The smallest absolute Gasteiger partial charge is 0.347 e. The summed E-state index contributed by atoms with van der Waals surface area (Å²) in [5.41, 5.74) is -2.98. The molecule has 208 valence electrons. The Balaban J connectivity index is 1.93. The van der Waals surface area contributed by atoms with Crippen LogP contribution in [0.5, 0.6) is 0 Å². The van der Waals surface area contributed by atoms with E-state index in [4.69, 9.17) is 0 Å². The molecule has 1 fully saturated rings. The van der Waals surface area contributed by atoms with E-state index in [9.17, 15) is 34.8 Å². The van der Waals surface area contributed by atoms with Gasteiger partial charge in [0, 0.05) is 34.8 Å². The van der Waals surface area contributed by atoms with Crippen LogP contribution in [0.2, 0.25) is 0 Å². The summed E-state index contributed by atoms with van der Waals surface area (Å²) >= 11 is 0. The zero-order valence-electron chi connectivity index (χ0n) is 20.8. The minimum atomic E-state index is -4.99. The molecule has 1 aliphatic carbocycles. The lowest BCUT2D eigenvalue weighted by molar-refractivity contribution is -0.137. The molecule has 2 aromatic carbocycles. The predicted octanol–water partition coefficient (Wildman–Crippen LogP) is 7.43. The summed E-state index contributed by atoms with van der Waals surface area (Å²) in [4.78, 5) is 0. The Morgan fingerprint density at radius 3 is 2.21 bits per heavy atom. The van der Waals surface area contributed by atoms with E-state index in [0.29, 0.717) is 19.3 Å². The maximum atomic E-state index is 15.4. The number of rotatable bonds is 7. The number of hydrogen-bond donors (Lipinski definition) is 1. The highest BCUT2D eigenvalue weighted by Crippen LogP contribution is 2.41. The third kappa shape index (κ3) is 5.70. The molecule has 1 N–H and O–H groups in total. The Hall–Kier alpha value is -2.60. The van der Waals surface area contributed by atoms with Gasteiger partial charge in [0.2, 0.25) is 10.0 Å². The normalized spacial score (nSPS) is 16.3. The monoisotopic (exact) mass is 564 g/mol. The van der Waals surface area contributed by atoms with Crippen molar-refractivity contribution in [3.63, 3.8) is 0 Å². The number of nitrogens with one attached hydrogen (secondary N) is 1. The van der Waals surface area contributed by atoms with Crippen molar-refractivity contribution in [1.82, 2.24) is 9.29 Å². The zero-order chi connectivity index (χ0) is 28.2. The van der Waals surface area contributed by atoms with E-state index in [-0.39, 0.29) is 29.1 Å². The molecule has 0 aliphatic heterocycles. The van der Waals surface area contributed by atoms with Gasteiger partial charge in [-0.25, -0.2) is 30.7 Å². The number of aromatic nitrogens is 1. The van der Waals surface area contributed by atoms with Gasteiger partial charge in [-0.15, -0.1) is 0 Å². The van der Waals surface area contributed by atoms with E-state index in [0.717, 1.165) is 24.3 Å². The maximum absolute atomic E-state index is 15.4. The number of fused-ring (bicyclic) bond motifs is 1. The van der Waals surface area contributed by atoms with E-state index in [1.165, 1.54) is 10.8 Å². The maximum Gasteiger partial charge on any atom is 0.417 e. The zero-order valence-corrected chi connectivity index (χ0v) is 21.7. The van der Waals surface area contributed by atoms with E-state index in [1.807, 2.05) is 20.8 Å². The number of sulfonamides is 1. The van der Waals surface area contributed by atoms with Crippen LogP contribution in [-0.2, 0) is 22.7 Å². The van der Waals surface area contributed by atoms with Crippen LogP contribution in [0.1, 0.15) is 57.2 Å². The van der Waals surface area contributed by atoms with Crippen LogP contribution in [0.4, 0.5) is 30.7 Å². The predicted molar refractivity (Wildman–Crippen MR) is 130 cm³/mol. The summed E-state index contributed by atoms with van der Waals surface area (Å²) in [6.07, 6.45) is -5.54. The second-order valence-corrected chi connectivity index (χ2v) is 12.8. The van der Waals surface area contributed by atoms with Gasteiger partial charge in [-0.3, -0.25) is 0 Å². The van der Waals surface area contributed by atoms with Gasteiger partial charge in [0.05, 0.1) is 10.8 Å². The van der Waals surface area contributed by atoms with Crippen LogP contribution < -0.4 is 4.72 Å². The lowest BCUT2D eigenvalue weighted by atomic mass is 9.95. The van der Waals surface area contributed by atoms with Crippen LogP contribution in [-0.4, -0.2) is 24.7 Å². The van der Waals surface area contributed by atoms with Gasteiger partial charge in [0.15, 0.2) is 0 Å². The Morgan fingerprint density at radius 1 is 1.03 bits per heavy atom. The van der Waals surface area contributed by atoms with Crippen molar-refractivity contribution in [2.45, 2.75) is 70.5 Å². The molecule has 0 saturated heterocycles. The SMILES string of the molecule is CC(C)(C)Cn1cc(C(NS(=O)(=O)C2CCC2)C(F)F)c2cc(F)c(-c3ccc(F)cc3C(F)(F)F)cc21. The van der Waals surface area contributed by atoms with Crippen LogP contribution >= 0.6 is 0 Å². The molecule has 38 heavy (non-hydrogen) atoms. The molecule has 4 rings (SSSR count). The van der Waals surface area contributed by atoms with Crippen LogP contribution in [0, 0.1) is 17.0 Å². The number of halogens is 7. The van der Waals surface area contributed by atoms with Crippen LogP contribution in [0.25, 0.3) is 22.0 Å². The number of alkyl halides is 5. The first-order valence-corrected chi connectivity index (χ1v) is 13.5. The van der Waals surface area contributed by atoms with Gasteiger partial charge < -0.3 is 4.57 Å². The molecule has 3 aromatic rings. The van der Waals surface area contributed by atoms with Crippen molar-refractivity contribution in [2.24, 2.45) is 5.41 Å². The van der Waals surface area contributed by atoms with Crippen molar-refractivity contribution < 1.29 is 39.2 Å². The first-order valence-electron chi connectivity index (χ1n) is 12.0. The highest BCUT2D eigenvalue weighted by molar-refractivity contribution is 7.90. The Labute approximate surface area is 215 Å².